The zero-order chi connectivity index (χ0) is 11.0. The fraction of sp³-hybridized carbons (Fsp3) is 0.786. The second-order valence-corrected chi connectivity index (χ2v) is 5.59. The van der Waals surface area contributed by atoms with Crippen LogP contribution < -0.4 is 5.32 Å². The van der Waals surface area contributed by atoms with E-state index in [1.807, 2.05) is 6.20 Å². The number of hydrogen-bond acceptors (Lipinski definition) is 2. The molecule has 2 heterocycles. The van der Waals surface area contributed by atoms with Crippen molar-refractivity contribution in [3.63, 3.8) is 0 Å². The molecule has 1 saturated heterocycles. The summed E-state index contributed by atoms with van der Waals surface area (Å²) in [5.41, 5.74) is 1.51. The Bertz CT molecular complexity index is 328. The lowest BCUT2D eigenvalue weighted by atomic mass is 9.64. The molecule has 4 atom stereocenters. The molecule has 4 heteroatoms. The van der Waals surface area contributed by atoms with Gasteiger partial charge in [0.25, 0.3) is 0 Å². The fourth-order valence-corrected chi connectivity index (χ4v) is 4.01. The molecule has 0 aromatic heterocycles. The van der Waals surface area contributed by atoms with E-state index in [1.165, 1.54) is 44.5 Å². The van der Waals surface area contributed by atoms with Crippen LogP contribution in [-0.2, 0) is 0 Å². The largest absolute Gasteiger partial charge is 0.316 e. The summed E-state index contributed by atoms with van der Waals surface area (Å²) in [6, 6.07) is 0. The highest BCUT2D eigenvalue weighted by molar-refractivity contribution is 5.89. The molecule has 2 fully saturated rings. The van der Waals surface area contributed by atoms with Crippen LogP contribution in [0.1, 0.15) is 32.6 Å². The summed E-state index contributed by atoms with van der Waals surface area (Å²) in [7, 11) is 0. The van der Waals surface area contributed by atoms with E-state index in [0.717, 1.165) is 23.7 Å². The molecule has 2 unspecified atom stereocenters. The highest BCUT2D eigenvalue weighted by Gasteiger charge is 2.43. The van der Waals surface area contributed by atoms with Crippen LogP contribution in [0.2, 0.25) is 0 Å². The van der Waals surface area contributed by atoms with Gasteiger partial charge in [-0.3, -0.25) is 4.99 Å². The second-order valence-electron chi connectivity index (χ2n) is 5.59. The summed E-state index contributed by atoms with van der Waals surface area (Å²) in [5, 5.41) is 3.59. The highest BCUT2D eigenvalue weighted by atomic mass is 35.5. The Kier molecular flexibility index (Phi) is 6.16. The standard InChI is InChI=1S/C14H22N2.2ClH/c1-2-4-11-12-5-3-6-16-14(12)7-10-8-15-9-13(10)11;;/h3,6,10-13,15H,2,4-5,7-9H2,1H3;2*1H/t10-,11?,12?,13-;;/m1../s1. The van der Waals surface area contributed by atoms with Gasteiger partial charge in [0, 0.05) is 17.8 Å². The van der Waals surface area contributed by atoms with E-state index in [9.17, 15) is 0 Å². The fourth-order valence-electron chi connectivity index (χ4n) is 4.01. The molecular formula is C14H24Cl2N2. The zero-order valence-corrected chi connectivity index (χ0v) is 12.6. The molecule has 2 nitrogen and oxygen atoms in total. The molecule has 1 aliphatic carbocycles. The molecule has 3 aliphatic rings. The predicted molar refractivity (Wildman–Crippen MR) is 82.0 cm³/mol. The maximum Gasteiger partial charge on any atom is 0.0227 e. The van der Waals surface area contributed by atoms with Crippen molar-refractivity contribution in [2.75, 3.05) is 13.1 Å². The number of halogens is 2. The Hall–Kier alpha value is -0.0500. The van der Waals surface area contributed by atoms with Gasteiger partial charge in [-0.1, -0.05) is 19.4 Å². The Morgan fingerprint density at radius 3 is 2.94 bits per heavy atom. The molecule has 18 heavy (non-hydrogen) atoms. The summed E-state index contributed by atoms with van der Waals surface area (Å²) >= 11 is 0. The average molecular weight is 291 g/mol. The van der Waals surface area contributed by atoms with Gasteiger partial charge < -0.3 is 5.32 Å². The summed E-state index contributed by atoms with van der Waals surface area (Å²) < 4.78 is 0. The van der Waals surface area contributed by atoms with Crippen LogP contribution in [0.4, 0.5) is 0 Å². The summed E-state index contributed by atoms with van der Waals surface area (Å²) in [6.45, 7) is 4.80. The number of allylic oxidation sites excluding steroid dienone is 1. The summed E-state index contributed by atoms with van der Waals surface area (Å²) in [5.74, 6) is 3.46. The lowest BCUT2D eigenvalue weighted by molar-refractivity contribution is 0.195. The minimum absolute atomic E-state index is 0. The molecule has 3 rings (SSSR count). The van der Waals surface area contributed by atoms with Crippen LogP contribution in [0, 0.1) is 23.7 Å². The molecule has 0 radical (unpaired) electrons. The first-order valence-electron chi connectivity index (χ1n) is 6.82. The van der Waals surface area contributed by atoms with Gasteiger partial charge in [-0.15, -0.1) is 24.8 Å². The van der Waals surface area contributed by atoms with E-state index in [-0.39, 0.29) is 24.8 Å². The van der Waals surface area contributed by atoms with E-state index in [1.54, 1.807) is 0 Å². The van der Waals surface area contributed by atoms with Crippen LogP contribution in [0.5, 0.6) is 0 Å². The third kappa shape index (κ3) is 2.76. The Balaban J connectivity index is 0.000000810. The quantitative estimate of drug-likeness (QED) is 0.828. The number of rotatable bonds is 2. The third-order valence-electron chi connectivity index (χ3n) is 4.72. The van der Waals surface area contributed by atoms with Crippen LogP contribution in [0.25, 0.3) is 0 Å². The molecule has 1 N–H and O–H groups in total. The first kappa shape index (κ1) is 16.0. The van der Waals surface area contributed by atoms with Crippen molar-refractivity contribution in [3.05, 3.63) is 12.3 Å². The monoisotopic (exact) mass is 290 g/mol. The maximum atomic E-state index is 4.65. The zero-order valence-electron chi connectivity index (χ0n) is 11.0. The molecule has 1 saturated carbocycles. The van der Waals surface area contributed by atoms with E-state index in [2.05, 4.69) is 23.3 Å². The number of fused-ring (bicyclic) bond motifs is 2. The van der Waals surface area contributed by atoms with Crippen molar-refractivity contribution in [1.82, 2.24) is 5.32 Å². The van der Waals surface area contributed by atoms with Crippen molar-refractivity contribution in [2.45, 2.75) is 32.6 Å². The molecular weight excluding hydrogens is 267 g/mol. The Morgan fingerprint density at radius 2 is 2.17 bits per heavy atom. The Morgan fingerprint density at radius 1 is 1.33 bits per heavy atom. The normalized spacial score (nSPS) is 36.8. The number of nitrogens with zero attached hydrogens (tertiary/aromatic N) is 1. The molecule has 0 amide bonds. The average Bonchev–Trinajstić information content (AvgIpc) is 2.77. The maximum absolute atomic E-state index is 4.65. The topological polar surface area (TPSA) is 24.4 Å². The van der Waals surface area contributed by atoms with Gasteiger partial charge in [0.1, 0.15) is 0 Å². The molecule has 0 aromatic rings. The predicted octanol–water partition coefficient (Wildman–Crippen LogP) is 3.46. The van der Waals surface area contributed by atoms with E-state index in [0.29, 0.717) is 0 Å². The van der Waals surface area contributed by atoms with Gasteiger partial charge in [-0.25, -0.2) is 0 Å². The molecule has 104 valence electrons. The van der Waals surface area contributed by atoms with Crippen LogP contribution in [-0.4, -0.2) is 18.8 Å². The molecule has 2 aliphatic heterocycles. The first-order valence-corrected chi connectivity index (χ1v) is 6.82. The Labute approximate surface area is 123 Å². The first-order chi connectivity index (χ1) is 7.90. The van der Waals surface area contributed by atoms with Gasteiger partial charge in [-0.2, -0.15) is 0 Å². The van der Waals surface area contributed by atoms with Crippen molar-refractivity contribution in [1.29, 1.82) is 0 Å². The second kappa shape index (κ2) is 6.93. The van der Waals surface area contributed by atoms with E-state index < -0.39 is 0 Å². The molecule has 0 bridgehead atoms. The smallest absolute Gasteiger partial charge is 0.0227 e. The van der Waals surface area contributed by atoms with Gasteiger partial charge in [0.05, 0.1) is 0 Å². The highest BCUT2D eigenvalue weighted by Crippen LogP contribution is 2.44. The van der Waals surface area contributed by atoms with Crippen LogP contribution >= 0.6 is 24.8 Å². The van der Waals surface area contributed by atoms with Gasteiger partial charge in [-0.05, 0) is 50.1 Å². The SMILES string of the molecule is CCCC1C2CC=CN=C2C[C@@H]2CNC[C@@H]12.Cl.Cl. The number of nitrogens with one attached hydrogen (secondary N) is 1. The van der Waals surface area contributed by atoms with Gasteiger partial charge in [0.2, 0.25) is 0 Å². The van der Waals surface area contributed by atoms with Crippen LogP contribution in [0.15, 0.2) is 17.3 Å². The van der Waals surface area contributed by atoms with Crippen molar-refractivity contribution < 1.29 is 0 Å². The lowest BCUT2D eigenvalue weighted by Gasteiger charge is -2.41. The number of hydrogen-bond donors (Lipinski definition) is 1. The van der Waals surface area contributed by atoms with Crippen molar-refractivity contribution >= 4 is 30.5 Å². The minimum Gasteiger partial charge on any atom is -0.316 e. The lowest BCUT2D eigenvalue weighted by Crippen LogP contribution is -2.40. The van der Waals surface area contributed by atoms with E-state index >= 15 is 0 Å². The van der Waals surface area contributed by atoms with Gasteiger partial charge in [0.15, 0.2) is 0 Å². The summed E-state index contributed by atoms with van der Waals surface area (Å²) in [6.07, 6.45) is 9.50. The summed E-state index contributed by atoms with van der Waals surface area (Å²) in [4.78, 5) is 4.65. The minimum atomic E-state index is 0. The van der Waals surface area contributed by atoms with E-state index in [4.69, 9.17) is 0 Å². The molecule has 0 spiro atoms. The van der Waals surface area contributed by atoms with Gasteiger partial charge >= 0.3 is 0 Å². The van der Waals surface area contributed by atoms with Crippen molar-refractivity contribution in [2.24, 2.45) is 28.7 Å². The third-order valence-corrected chi connectivity index (χ3v) is 4.72. The van der Waals surface area contributed by atoms with Crippen molar-refractivity contribution in [3.8, 4) is 0 Å². The van der Waals surface area contributed by atoms with Crippen LogP contribution in [0.3, 0.4) is 0 Å². The number of aliphatic imine (C=N–C) groups is 1. The molecule has 0 aromatic carbocycles.